The quantitative estimate of drug-likeness (QED) is 0.293. The number of nitrogens with two attached hydrogens (primary N) is 1. The zero-order valence-corrected chi connectivity index (χ0v) is 20.9. The summed E-state index contributed by atoms with van der Waals surface area (Å²) >= 11 is 0. The molecule has 0 atom stereocenters. The van der Waals surface area contributed by atoms with Gasteiger partial charge < -0.3 is 25.4 Å². The van der Waals surface area contributed by atoms with Gasteiger partial charge in [-0.25, -0.2) is 9.79 Å². The number of piperidine rings is 1. The molecule has 174 valence electrons. The van der Waals surface area contributed by atoms with Crippen LogP contribution < -0.4 is 11.1 Å². The number of hydrogen-bond acceptors (Lipinski definition) is 4. The first-order valence-electron chi connectivity index (χ1n) is 10.8. The Balaban J connectivity index is 0.00000363. The molecule has 2 aromatic rings. The van der Waals surface area contributed by atoms with E-state index in [1.807, 2.05) is 37.3 Å². The van der Waals surface area contributed by atoms with E-state index in [1.54, 1.807) is 4.90 Å². The Morgan fingerprint density at radius 1 is 1.06 bits per heavy atom. The Morgan fingerprint density at radius 3 is 2.41 bits per heavy atom. The minimum Gasteiger partial charge on any atom is -0.450 e. The van der Waals surface area contributed by atoms with Crippen LogP contribution in [0, 0.1) is 0 Å². The largest absolute Gasteiger partial charge is 0.450 e. The van der Waals surface area contributed by atoms with Gasteiger partial charge in [0.15, 0.2) is 5.96 Å². The summed E-state index contributed by atoms with van der Waals surface area (Å²) in [6, 6.07) is 18.5. The summed E-state index contributed by atoms with van der Waals surface area (Å²) in [6.45, 7) is 5.13. The van der Waals surface area contributed by atoms with Crippen LogP contribution in [0.3, 0.4) is 0 Å². The van der Waals surface area contributed by atoms with Crippen molar-refractivity contribution in [2.75, 3.05) is 19.7 Å². The number of amides is 1. The first-order chi connectivity index (χ1) is 15.2. The van der Waals surface area contributed by atoms with Crippen molar-refractivity contribution in [3.63, 3.8) is 0 Å². The van der Waals surface area contributed by atoms with Crippen LogP contribution in [0.2, 0.25) is 0 Å². The lowest BCUT2D eigenvalue weighted by molar-refractivity contribution is 0.0963. The predicted molar refractivity (Wildman–Crippen MR) is 137 cm³/mol. The second-order valence-electron chi connectivity index (χ2n) is 7.55. The number of hydrogen-bond donors (Lipinski definition) is 2. The van der Waals surface area contributed by atoms with Gasteiger partial charge in [0.1, 0.15) is 0 Å². The number of aliphatic imine (C=N–C) groups is 1. The van der Waals surface area contributed by atoms with Crippen molar-refractivity contribution in [2.24, 2.45) is 10.7 Å². The molecule has 0 unspecified atom stereocenters. The molecule has 1 aliphatic rings. The number of nitrogens with one attached hydrogen (secondary N) is 1. The standard InChI is InChI=1S/C24H32N4O3.HI/c1-2-31-24(29)28-14-12-22(13-15-28)27-23(25)26-16-20-10-6-7-11-21(20)18-30-17-19-8-4-3-5-9-19;/h3-11,22H,2,12-18H2,1H3,(H3,25,26,27);1H. The average Bonchev–Trinajstić information content (AvgIpc) is 2.80. The Kier molecular flexibility index (Phi) is 11.3. The van der Waals surface area contributed by atoms with Crippen molar-refractivity contribution in [2.45, 2.75) is 45.6 Å². The lowest BCUT2D eigenvalue weighted by Gasteiger charge is -2.31. The molecule has 1 fully saturated rings. The molecule has 2 aromatic carbocycles. The number of ether oxygens (including phenoxy) is 2. The predicted octanol–water partition coefficient (Wildman–Crippen LogP) is 4.05. The van der Waals surface area contributed by atoms with E-state index < -0.39 is 0 Å². The Hall–Kier alpha value is -2.33. The molecular weight excluding hydrogens is 519 g/mol. The number of guanidine groups is 1. The van der Waals surface area contributed by atoms with Crippen LogP contribution in [0.5, 0.6) is 0 Å². The van der Waals surface area contributed by atoms with Crippen LogP contribution in [0.15, 0.2) is 59.6 Å². The SMILES string of the molecule is CCOC(=O)N1CCC(NC(N)=NCc2ccccc2COCc2ccccc2)CC1.I. The van der Waals surface area contributed by atoms with E-state index in [0.717, 1.165) is 29.5 Å². The van der Waals surface area contributed by atoms with Gasteiger partial charge in [-0.2, -0.15) is 0 Å². The molecule has 1 saturated heterocycles. The lowest BCUT2D eigenvalue weighted by atomic mass is 10.1. The van der Waals surface area contributed by atoms with Crippen LogP contribution in [-0.4, -0.2) is 42.7 Å². The van der Waals surface area contributed by atoms with Gasteiger partial charge in [-0.15, -0.1) is 24.0 Å². The number of benzene rings is 2. The molecule has 1 heterocycles. The van der Waals surface area contributed by atoms with Gasteiger partial charge in [-0.05, 0) is 36.5 Å². The maximum atomic E-state index is 11.8. The van der Waals surface area contributed by atoms with Gasteiger partial charge in [0.2, 0.25) is 0 Å². The Bertz CT molecular complexity index is 855. The van der Waals surface area contributed by atoms with Crippen molar-refractivity contribution in [1.29, 1.82) is 0 Å². The monoisotopic (exact) mass is 552 g/mol. The maximum Gasteiger partial charge on any atom is 0.409 e. The summed E-state index contributed by atoms with van der Waals surface area (Å²) in [5, 5.41) is 3.28. The number of rotatable bonds is 8. The average molecular weight is 552 g/mol. The fourth-order valence-electron chi connectivity index (χ4n) is 3.55. The van der Waals surface area contributed by atoms with E-state index in [0.29, 0.717) is 45.4 Å². The molecule has 8 heteroatoms. The van der Waals surface area contributed by atoms with Gasteiger partial charge in [-0.1, -0.05) is 54.6 Å². The molecule has 32 heavy (non-hydrogen) atoms. The lowest BCUT2D eigenvalue weighted by Crippen LogP contribution is -2.48. The maximum absolute atomic E-state index is 11.8. The van der Waals surface area contributed by atoms with E-state index in [9.17, 15) is 4.79 Å². The number of likely N-dealkylation sites (tertiary alicyclic amines) is 1. The van der Waals surface area contributed by atoms with Gasteiger partial charge in [-0.3, -0.25) is 0 Å². The third-order valence-electron chi connectivity index (χ3n) is 5.28. The van der Waals surface area contributed by atoms with E-state index in [1.165, 1.54) is 0 Å². The number of halogens is 1. The zero-order chi connectivity index (χ0) is 21.9. The molecule has 7 nitrogen and oxygen atoms in total. The second kappa shape index (κ2) is 13.9. The second-order valence-corrected chi connectivity index (χ2v) is 7.55. The van der Waals surface area contributed by atoms with Crippen molar-refractivity contribution < 1.29 is 14.3 Å². The summed E-state index contributed by atoms with van der Waals surface area (Å²) in [5.41, 5.74) is 9.48. The fourth-order valence-corrected chi connectivity index (χ4v) is 3.55. The van der Waals surface area contributed by atoms with Crippen LogP contribution in [0.1, 0.15) is 36.5 Å². The molecular formula is C24H33IN4O3. The third-order valence-corrected chi connectivity index (χ3v) is 5.28. The van der Waals surface area contributed by atoms with Gasteiger partial charge >= 0.3 is 6.09 Å². The van der Waals surface area contributed by atoms with Gasteiger partial charge in [0, 0.05) is 19.1 Å². The first kappa shape index (κ1) is 25.9. The zero-order valence-electron chi connectivity index (χ0n) is 18.5. The van der Waals surface area contributed by atoms with Gasteiger partial charge in [0.05, 0.1) is 26.4 Å². The molecule has 0 spiro atoms. The normalized spacial score (nSPS) is 14.5. The fraction of sp³-hybridized carbons (Fsp3) is 0.417. The summed E-state index contributed by atoms with van der Waals surface area (Å²) in [5.74, 6) is 0.426. The Labute approximate surface area is 207 Å². The van der Waals surface area contributed by atoms with Crippen LogP contribution in [0.25, 0.3) is 0 Å². The smallest absolute Gasteiger partial charge is 0.409 e. The Morgan fingerprint density at radius 2 is 1.72 bits per heavy atom. The molecule has 0 aromatic heterocycles. The summed E-state index contributed by atoms with van der Waals surface area (Å²) in [6.07, 6.45) is 1.39. The third kappa shape index (κ3) is 8.31. The van der Waals surface area contributed by atoms with Crippen LogP contribution in [-0.2, 0) is 29.2 Å². The minimum absolute atomic E-state index is 0. The number of carbonyl (C=O) groups is 1. The highest BCUT2D eigenvalue weighted by atomic mass is 127. The molecule has 0 saturated carbocycles. The molecule has 1 amide bonds. The van der Waals surface area contributed by atoms with Crippen molar-refractivity contribution >= 4 is 36.0 Å². The van der Waals surface area contributed by atoms with Gasteiger partial charge in [0.25, 0.3) is 0 Å². The topological polar surface area (TPSA) is 89.2 Å². The molecule has 3 N–H and O–H groups in total. The highest BCUT2D eigenvalue weighted by Gasteiger charge is 2.23. The number of nitrogens with zero attached hydrogens (tertiary/aromatic N) is 2. The molecule has 0 aliphatic carbocycles. The first-order valence-corrected chi connectivity index (χ1v) is 10.8. The summed E-state index contributed by atoms with van der Waals surface area (Å²) in [4.78, 5) is 18.1. The van der Waals surface area contributed by atoms with E-state index in [-0.39, 0.29) is 36.1 Å². The van der Waals surface area contributed by atoms with E-state index >= 15 is 0 Å². The van der Waals surface area contributed by atoms with E-state index in [4.69, 9.17) is 15.2 Å². The summed E-state index contributed by atoms with van der Waals surface area (Å²) < 4.78 is 10.9. The number of carbonyl (C=O) groups excluding carboxylic acids is 1. The van der Waals surface area contributed by atoms with Crippen LogP contribution in [0.4, 0.5) is 4.79 Å². The molecule has 0 bridgehead atoms. The van der Waals surface area contributed by atoms with Crippen molar-refractivity contribution in [1.82, 2.24) is 10.2 Å². The van der Waals surface area contributed by atoms with Crippen LogP contribution >= 0.6 is 24.0 Å². The van der Waals surface area contributed by atoms with Crippen molar-refractivity contribution in [3.8, 4) is 0 Å². The summed E-state index contributed by atoms with van der Waals surface area (Å²) in [7, 11) is 0. The molecule has 3 rings (SSSR count). The van der Waals surface area contributed by atoms with E-state index in [2.05, 4.69) is 34.6 Å². The highest BCUT2D eigenvalue weighted by molar-refractivity contribution is 14.0. The highest BCUT2D eigenvalue weighted by Crippen LogP contribution is 2.14. The van der Waals surface area contributed by atoms with Crippen molar-refractivity contribution in [3.05, 3.63) is 71.3 Å². The molecule has 0 radical (unpaired) electrons. The minimum atomic E-state index is -0.242. The molecule has 1 aliphatic heterocycles.